The topological polar surface area (TPSA) is 17.1 Å². The molecule has 1 atom stereocenters. The maximum absolute atomic E-state index is 12.1. The first kappa shape index (κ1) is 13.3. The van der Waals surface area contributed by atoms with Crippen molar-refractivity contribution < 1.29 is 4.79 Å². The molecule has 0 heterocycles. The van der Waals surface area contributed by atoms with E-state index in [4.69, 9.17) is 0 Å². The lowest BCUT2D eigenvalue weighted by Crippen LogP contribution is -2.27. The SMILES string of the molecule is CC(C)C(=O)C(Sc1ccccc1)C(C)C. The van der Waals surface area contributed by atoms with Gasteiger partial charge in [0.1, 0.15) is 5.78 Å². The van der Waals surface area contributed by atoms with Crippen LogP contribution in [0.25, 0.3) is 0 Å². The first-order valence-electron chi connectivity index (χ1n) is 5.77. The van der Waals surface area contributed by atoms with Crippen molar-refractivity contribution in [3.63, 3.8) is 0 Å². The van der Waals surface area contributed by atoms with Crippen LogP contribution in [0, 0.1) is 11.8 Å². The molecule has 0 bridgehead atoms. The summed E-state index contributed by atoms with van der Waals surface area (Å²) >= 11 is 1.68. The van der Waals surface area contributed by atoms with Crippen LogP contribution in [0.2, 0.25) is 0 Å². The average molecular weight is 236 g/mol. The maximum atomic E-state index is 12.1. The van der Waals surface area contributed by atoms with Gasteiger partial charge in [0, 0.05) is 10.8 Å². The van der Waals surface area contributed by atoms with Gasteiger partial charge in [0.15, 0.2) is 0 Å². The summed E-state index contributed by atoms with van der Waals surface area (Å²) in [4.78, 5) is 13.2. The predicted molar refractivity (Wildman–Crippen MR) is 70.8 cm³/mol. The molecule has 0 radical (unpaired) electrons. The van der Waals surface area contributed by atoms with Gasteiger partial charge in [0.05, 0.1) is 5.25 Å². The smallest absolute Gasteiger partial charge is 0.148 e. The van der Waals surface area contributed by atoms with Crippen LogP contribution in [-0.4, -0.2) is 11.0 Å². The molecule has 0 N–H and O–H groups in total. The third kappa shape index (κ3) is 3.67. The Labute approximate surface area is 103 Å². The molecule has 0 amide bonds. The van der Waals surface area contributed by atoms with Gasteiger partial charge in [-0.15, -0.1) is 11.8 Å². The van der Waals surface area contributed by atoms with Gasteiger partial charge in [-0.25, -0.2) is 0 Å². The zero-order chi connectivity index (χ0) is 12.1. The van der Waals surface area contributed by atoms with Crippen molar-refractivity contribution in [3.05, 3.63) is 30.3 Å². The van der Waals surface area contributed by atoms with E-state index in [1.165, 1.54) is 4.90 Å². The van der Waals surface area contributed by atoms with Gasteiger partial charge >= 0.3 is 0 Å². The minimum atomic E-state index is 0.0717. The number of benzene rings is 1. The Hall–Kier alpha value is -0.760. The van der Waals surface area contributed by atoms with E-state index >= 15 is 0 Å². The minimum Gasteiger partial charge on any atom is -0.298 e. The van der Waals surface area contributed by atoms with Crippen LogP contribution in [0.1, 0.15) is 27.7 Å². The predicted octanol–water partition coefficient (Wildman–Crippen LogP) is 4.03. The molecule has 1 nitrogen and oxygen atoms in total. The molecular weight excluding hydrogens is 216 g/mol. The summed E-state index contributed by atoms with van der Waals surface area (Å²) in [6, 6.07) is 10.2. The summed E-state index contributed by atoms with van der Waals surface area (Å²) in [5.41, 5.74) is 0. The molecule has 0 saturated carbocycles. The summed E-state index contributed by atoms with van der Waals surface area (Å²) < 4.78 is 0. The van der Waals surface area contributed by atoms with Crippen LogP contribution in [0.3, 0.4) is 0 Å². The van der Waals surface area contributed by atoms with Crippen LogP contribution in [0.5, 0.6) is 0 Å². The third-order valence-electron chi connectivity index (χ3n) is 2.46. The highest BCUT2D eigenvalue weighted by Gasteiger charge is 2.25. The van der Waals surface area contributed by atoms with Crippen molar-refractivity contribution in [2.45, 2.75) is 37.8 Å². The van der Waals surface area contributed by atoms with E-state index in [9.17, 15) is 4.79 Å². The van der Waals surface area contributed by atoms with Gasteiger partial charge in [0.25, 0.3) is 0 Å². The van der Waals surface area contributed by atoms with Gasteiger partial charge < -0.3 is 0 Å². The molecule has 0 aromatic heterocycles. The lowest BCUT2D eigenvalue weighted by molar-refractivity contribution is -0.122. The first-order chi connectivity index (χ1) is 7.52. The zero-order valence-electron chi connectivity index (χ0n) is 10.4. The molecular formula is C14H20OS. The molecule has 0 aliphatic heterocycles. The third-order valence-corrected chi connectivity index (χ3v) is 4.04. The Balaban J connectivity index is 2.77. The molecule has 0 aliphatic carbocycles. The van der Waals surface area contributed by atoms with Crippen molar-refractivity contribution >= 4 is 17.5 Å². The number of carbonyl (C=O) groups excluding carboxylic acids is 1. The largest absolute Gasteiger partial charge is 0.298 e. The van der Waals surface area contributed by atoms with Gasteiger partial charge in [-0.2, -0.15) is 0 Å². The summed E-state index contributed by atoms with van der Waals surface area (Å²) in [5, 5.41) is 0.0717. The molecule has 0 aliphatic rings. The molecule has 88 valence electrons. The summed E-state index contributed by atoms with van der Waals surface area (Å²) in [5.74, 6) is 0.840. The van der Waals surface area contributed by atoms with Crippen molar-refractivity contribution in [2.24, 2.45) is 11.8 Å². The van der Waals surface area contributed by atoms with Crippen LogP contribution in [0.4, 0.5) is 0 Å². The normalized spacial score (nSPS) is 13.1. The standard InChI is InChI=1S/C14H20OS/c1-10(2)13(15)14(11(3)4)16-12-8-6-5-7-9-12/h5-11,14H,1-4H3. The Kier molecular flexibility index (Phi) is 5.07. The van der Waals surface area contributed by atoms with Gasteiger partial charge in [-0.05, 0) is 18.1 Å². The van der Waals surface area contributed by atoms with Crippen molar-refractivity contribution in [1.29, 1.82) is 0 Å². The van der Waals surface area contributed by atoms with Crippen molar-refractivity contribution in [3.8, 4) is 0 Å². The Morgan fingerprint density at radius 1 is 1.06 bits per heavy atom. The van der Waals surface area contributed by atoms with E-state index in [-0.39, 0.29) is 11.2 Å². The van der Waals surface area contributed by atoms with E-state index in [2.05, 4.69) is 26.0 Å². The van der Waals surface area contributed by atoms with Crippen LogP contribution in [-0.2, 0) is 4.79 Å². The van der Waals surface area contributed by atoms with E-state index in [0.717, 1.165) is 0 Å². The second-order valence-corrected chi connectivity index (χ2v) is 5.87. The monoisotopic (exact) mass is 236 g/mol. The second kappa shape index (κ2) is 6.09. The Bertz CT molecular complexity index is 330. The molecule has 0 saturated heterocycles. The first-order valence-corrected chi connectivity index (χ1v) is 6.65. The van der Waals surface area contributed by atoms with Crippen LogP contribution >= 0.6 is 11.8 Å². The lowest BCUT2D eigenvalue weighted by Gasteiger charge is -2.21. The molecule has 16 heavy (non-hydrogen) atoms. The molecule has 2 heteroatoms. The number of ketones is 1. The van der Waals surface area contributed by atoms with E-state index in [1.54, 1.807) is 11.8 Å². The highest BCUT2D eigenvalue weighted by molar-refractivity contribution is 8.00. The number of thioether (sulfide) groups is 1. The van der Waals surface area contributed by atoms with E-state index in [0.29, 0.717) is 11.7 Å². The molecule has 1 aromatic carbocycles. The van der Waals surface area contributed by atoms with Gasteiger partial charge in [0.2, 0.25) is 0 Å². The number of rotatable bonds is 5. The number of Topliss-reactive ketones (excluding diaryl/α,β-unsaturated/α-hetero) is 1. The Morgan fingerprint density at radius 2 is 1.62 bits per heavy atom. The number of carbonyl (C=O) groups is 1. The van der Waals surface area contributed by atoms with E-state index < -0.39 is 0 Å². The fraction of sp³-hybridized carbons (Fsp3) is 0.500. The molecule has 0 spiro atoms. The fourth-order valence-electron chi connectivity index (χ4n) is 1.50. The highest BCUT2D eigenvalue weighted by Crippen LogP contribution is 2.30. The quantitative estimate of drug-likeness (QED) is 0.718. The zero-order valence-corrected chi connectivity index (χ0v) is 11.3. The maximum Gasteiger partial charge on any atom is 0.148 e. The van der Waals surface area contributed by atoms with Gasteiger partial charge in [-0.1, -0.05) is 45.9 Å². The summed E-state index contributed by atoms with van der Waals surface area (Å²) in [6.45, 7) is 8.17. The number of hydrogen-bond donors (Lipinski definition) is 0. The lowest BCUT2D eigenvalue weighted by atomic mass is 9.99. The molecule has 1 unspecified atom stereocenters. The molecule has 1 rings (SSSR count). The fourth-order valence-corrected chi connectivity index (χ4v) is 2.76. The van der Waals surface area contributed by atoms with Crippen LogP contribution < -0.4 is 0 Å². The second-order valence-electron chi connectivity index (χ2n) is 4.65. The highest BCUT2D eigenvalue weighted by atomic mass is 32.2. The van der Waals surface area contributed by atoms with E-state index in [1.807, 2.05) is 32.0 Å². The minimum absolute atomic E-state index is 0.0717. The van der Waals surface area contributed by atoms with Gasteiger partial charge in [-0.3, -0.25) is 4.79 Å². The summed E-state index contributed by atoms with van der Waals surface area (Å²) in [7, 11) is 0. The summed E-state index contributed by atoms with van der Waals surface area (Å²) in [6.07, 6.45) is 0. The molecule has 0 fully saturated rings. The van der Waals surface area contributed by atoms with Crippen LogP contribution in [0.15, 0.2) is 35.2 Å². The van der Waals surface area contributed by atoms with Crippen molar-refractivity contribution in [1.82, 2.24) is 0 Å². The number of hydrogen-bond acceptors (Lipinski definition) is 2. The van der Waals surface area contributed by atoms with Crippen molar-refractivity contribution in [2.75, 3.05) is 0 Å². The average Bonchev–Trinajstić information content (AvgIpc) is 2.26. The molecule has 1 aromatic rings. The Morgan fingerprint density at radius 3 is 2.06 bits per heavy atom.